The average Bonchev–Trinajstić information content (AvgIpc) is 2.99. The van der Waals surface area contributed by atoms with E-state index in [1.165, 1.54) is 24.9 Å². The minimum Gasteiger partial charge on any atom is -0.462 e. The third-order valence-electron chi connectivity index (χ3n) is 3.82. The summed E-state index contributed by atoms with van der Waals surface area (Å²) in [5.74, 6) is -2.74. The van der Waals surface area contributed by atoms with Gasteiger partial charge >= 0.3 is 5.97 Å². The predicted octanol–water partition coefficient (Wildman–Crippen LogP) is 3.96. The van der Waals surface area contributed by atoms with Crippen molar-refractivity contribution in [3.8, 4) is 0 Å². The number of hydrogen-bond acceptors (Lipinski definition) is 9. The van der Waals surface area contributed by atoms with Crippen LogP contribution >= 0.6 is 39.0 Å². The Bertz CT molecular complexity index is 917. The summed E-state index contributed by atoms with van der Waals surface area (Å²) in [4.78, 5) is 34.1. The van der Waals surface area contributed by atoms with Crippen LogP contribution in [0.25, 0.3) is 0 Å². The second-order valence-electron chi connectivity index (χ2n) is 5.90. The maximum Gasteiger partial charge on any atom is 0.341 e. The Hall–Kier alpha value is -1.53. The Kier molecular flexibility index (Phi) is 8.18. The van der Waals surface area contributed by atoms with Crippen molar-refractivity contribution in [1.29, 1.82) is 0 Å². The molecule has 2 rings (SSSR count). The van der Waals surface area contributed by atoms with E-state index in [1.54, 1.807) is 27.0 Å². The molecule has 0 aromatic carbocycles. The summed E-state index contributed by atoms with van der Waals surface area (Å²) in [6.07, 6.45) is 3.29. The molecule has 0 aliphatic heterocycles. The zero-order valence-electron chi connectivity index (χ0n) is 16.7. The van der Waals surface area contributed by atoms with E-state index in [-0.39, 0.29) is 29.5 Å². The molecule has 1 amide bonds. The normalized spacial score (nSPS) is 13.1. The van der Waals surface area contributed by atoms with Gasteiger partial charge < -0.3 is 19.9 Å². The van der Waals surface area contributed by atoms with E-state index in [0.29, 0.717) is 20.1 Å². The zero-order valence-corrected chi connectivity index (χ0v) is 19.9. The van der Waals surface area contributed by atoms with Gasteiger partial charge in [-0.2, -0.15) is 0 Å². The fraction of sp³-hybridized carbons (Fsp3) is 0.444. The molecule has 0 aliphatic rings. The van der Waals surface area contributed by atoms with Gasteiger partial charge in [0.1, 0.15) is 10.7 Å². The van der Waals surface area contributed by atoms with E-state index >= 15 is 0 Å². The fourth-order valence-electron chi connectivity index (χ4n) is 2.61. The number of carbonyl (C=O) groups is 2. The molecule has 2 aromatic rings. The predicted molar refractivity (Wildman–Crippen MR) is 116 cm³/mol. The van der Waals surface area contributed by atoms with E-state index < -0.39 is 17.7 Å². The van der Waals surface area contributed by atoms with Crippen LogP contribution in [0.4, 0.5) is 5.00 Å². The summed E-state index contributed by atoms with van der Waals surface area (Å²) in [5.41, 5.74) is 0.785. The number of ether oxygens (including phenoxy) is 2. The first-order valence-corrected chi connectivity index (χ1v) is 11.5. The standard InChI is InChI=1S/C18H22BrN3O5S2/c1-6-26-16(24)11-9(3)13(18(4,25)27-7-2)29-15(11)22-14(23)12-10(19)8-20-17(21-12)28-5/h8,25H,6-7H2,1-5H3,(H,22,23)/t18-/m1/s1. The number of halogens is 1. The van der Waals surface area contributed by atoms with Gasteiger partial charge in [0.25, 0.3) is 5.91 Å². The molecular formula is C18H22BrN3O5S2. The monoisotopic (exact) mass is 503 g/mol. The van der Waals surface area contributed by atoms with E-state index in [1.807, 2.05) is 0 Å². The molecular weight excluding hydrogens is 482 g/mol. The molecule has 0 spiro atoms. The lowest BCUT2D eigenvalue weighted by Crippen LogP contribution is -2.25. The Labute approximate surface area is 185 Å². The maximum absolute atomic E-state index is 12.9. The van der Waals surface area contributed by atoms with Gasteiger partial charge in [0.15, 0.2) is 10.9 Å². The fourth-order valence-corrected chi connectivity index (χ4v) is 4.51. The highest BCUT2D eigenvalue weighted by Crippen LogP contribution is 2.40. The molecule has 11 heteroatoms. The molecule has 8 nitrogen and oxygen atoms in total. The van der Waals surface area contributed by atoms with Gasteiger partial charge in [-0.1, -0.05) is 11.8 Å². The molecule has 0 radical (unpaired) electrons. The highest BCUT2D eigenvalue weighted by atomic mass is 79.9. The van der Waals surface area contributed by atoms with Crippen LogP contribution in [0, 0.1) is 6.92 Å². The van der Waals surface area contributed by atoms with Crippen LogP contribution in [0.1, 0.15) is 52.1 Å². The Balaban J connectivity index is 2.50. The number of esters is 1. The molecule has 158 valence electrons. The van der Waals surface area contributed by atoms with Crippen molar-refractivity contribution in [3.05, 3.63) is 32.4 Å². The molecule has 29 heavy (non-hydrogen) atoms. The van der Waals surface area contributed by atoms with Crippen molar-refractivity contribution in [2.24, 2.45) is 0 Å². The second-order valence-corrected chi connectivity index (χ2v) is 8.55. The number of thioether (sulfide) groups is 1. The maximum atomic E-state index is 12.9. The Morgan fingerprint density at radius 2 is 2.07 bits per heavy atom. The van der Waals surface area contributed by atoms with Gasteiger partial charge in [-0.15, -0.1) is 11.3 Å². The molecule has 2 N–H and O–H groups in total. The summed E-state index contributed by atoms with van der Waals surface area (Å²) < 4.78 is 11.0. The summed E-state index contributed by atoms with van der Waals surface area (Å²) in [7, 11) is 0. The summed E-state index contributed by atoms with van der Waals surface area (Å²) in [5, 5.41) is 14.1. The van der Waals surface area contributed by atoms with Crippen molar-refractivity contribution in [2.45, 2.75) is 38.6 Å². The number of aromatic nitrogens is 2. The van der Waals surface area contributed by atoms with Crippen molar-refractivity contribution >= 4 is 55.9 Å². The SMILES string of the molecule is CCOC(=O)c1c(NC(=O)c2nc(SC)ncc2Br)sc([C@](C)(O)OCC)c1C. The molecule has 2 aromatic heterocycles. The van der Waals surface area contributed by atoms with Gasteiger partial charge in [0, 0.05) is 12.8 Å². The lowest BCUT2D eigenvalue weighted by molar-refractivity contribution is -0.193. The van der Waals surface area contributed by atoms with Gasteiger partial charge in [0.05, 0.1) is 21.5 Å². The molecule has 0 bridgehead atoms. The van der Waals surface area contributed by atoms with Crippen molar-refractivity contribution in [1.82, 2.24) is 9.97 Å². The van der Waals surface area contributed by atoms with Gasteiger partial charge in [0.2, 0.25) is 0 Å². The number of nitrogens with zero attached hydrogens (tertiary/aromatic N) is 2. The summed E-state index contributed by atoms with van der Waals surface area (Å²) in [6, 6.07) is 0. The largest absolute Gasteiger partial charge is 0.462 e. The summed E-state index contributed by atoms with van der Waals surface area (Å²) >= 11 is 5.63. The Morgan fingerprint density at radius 3 is 2.66 bits per heavy atom. The average molecular weight is 504 g/mol. The molecule has 0 aliphatic carbocycles. The first-order valence-electron chi connectivity index (χ1n) is 8.71. The summed E-state index contributed by atoms with van der Waals surface area (Å²) in [6.45, 7) is 7.05. The first-order chi connectivity index (χ1) is 13.7. The number of thiophene rings is 1. The number of anilines is 1. The zero-order chi connectivity index (χ0) is 21.8. The quantitative estimate of drug-likeness (QED) is 0.241. The van der Waals surface area contributed by atoms with Crippen molar-refractivity contribution in [2.75, 3.05) is 24.8 Å². The smallest absolute Gasteiger partial charge is 0.341 e. The van der Waals surface area contributed by atoms with Crippen LogP contribution in [0.5, 0.6) is 0 Å². The van der Waals surface area contributed by atoms with Gasteiger partial charge in [-0.25, -0.2) is 14.8 Å². The van der Waals surface area contributed by atoms with Crippen LogP contribution in [0.3, 0.4) is 0 Å². The lowest BCUT2D eigenvalue weighted by atomic mass is 10.1. The van der Waals surface area contributed by atoms with Crippen LogP contribution in [-0.4, -0.2) is 46.4 Å². The minimum atomic E-state index is -1.62. The third-order valence-corrected chi connectivity index (χ3v) is 6.36. The number of nitrogens with one attached hydrogen (secondary N) is 1. The van der Waals surface area contributed by atoms with E-state index in [4.69, 9.17) is 9.47 Å². The lowest BCUT2D eigenvalue weighted by Gasteiger charge is -2.22. The number of carbonyl (C=O) groups excluding carboxylic acids is 2. The molecule has 2 heterocycles. The highest BCUT2D eigenvalue weighted by Gasteiger charge is 2.34. The van der Waals surface area contributed by atoms with Crippen LogP contribution in [-0.2, 0) is 15.3 Å². The van der Waals surface area contributed by atoms with Gasteiger partial charge in [-0.05, 0) is 55.4 Å². The van der Waals surface area contributed by atoms with E-state index in [9.17, 15) is 14.7 Å². The molecule has 0 unspecified atom stereocenters. The Morgan fingerprint density at radius 1 is 1.38 bits per heavy atom. The van der Waals surface area contributed by atoms with Crippen LogP contribution < -0.4 is 5.32 Å². The van der Waals surface area contributed by atoms with Crippen molar-refractivity contribution < 1.29 is 24.2 Å². The number of hydrogen-bond donors (Lipinski definition) is 2. The van der Waals surface area contributed by atoms with Crippen LogP contribution in [0.2, 0.25) is 0 Å². The number of rotatable bonds is 8. The van der Waals surface area contributed by atoms with Crippen molar-refractivity contribution in [3.63, 3.8) is 0 Å². The number of amides is 1. The van der Waals surface area contributed by atoms with E-state index in [2.05, 4.69) is 31.2 Å². The van der Waals surface area contributed by atoms with E-state index in [0.717, 1.165) is 11.3 Å². The topological polar surface area (TPSA) is 111 Å². The second kappa shape index (κ2) is 9.98. The minimum absolute atomic E-state index is 0.128. The van der Waals surface area contributed by atoms with Crippen LogP contribution in [0.15, 0.2) is 15.8 Å². The third kappa shape index (κ3) is 5.34. The molecule has 0 saturated heterocycles. The van der Waals surface area contributed by atoms with Gasteiger partial charge in [-0.3, -0.25) is 4.79 Å². The molecule has 0 fully saturated rings. The number of aliphatic hydroxyl groups is 1. The first kappa shape index (κ1) is 23.7. The highest BCUT2D eigenvalue weighted by molar-refractivity contribution is 9.10. The molecule has 1 atom stereocenters. The molecule has 0 saturated carbocycles.